The van der Waals surface area contributed by atoms with Gasteiger partial charge in [0.2, 0.25) is 0 Å². The zero-order valence-corrected chi connectivity index (χ0v) is 5.80. The molecular weight excluding hydrogens is 140 g/mol. The molecule has 0 saturated carbocycles. The Bertz CT molecular complexity index is 13.5. The summed E-state index contributed by atoms with van der Waals surface area (Å²) in [6.07, 6.45) is 0. The predicted octanol–water partition coefficient (Wildman–Crippen LogP) is -2.89. The molecule has 5 heavy (non-hydrogen) atoms. The first-order valence-corrected chi connectivity index (χ1v) is 1.02. The molecule has 0 spiro atoms. The monoisotopic (exact) mass is 147 g/mol. The SMILES string of the molecule is CCO.[H-].[Li+].[Nb]. The van der Waals surface area contributed by atoms with Crippen molar-refractivity contribution >= 4 is 0 Å². The molecule has 0 aliphatic heterocycles. The van der Waals surface area contributed by atoms with Gasteiger partial charge in [0.05, 0.1) is 0 Å². The molecule has 0 aliphatic rings. The van der Waals surface area contributed by atoms with Crippen molar-refractivity contribution in [2.45, 2.75) is 6.92 Å². The van der Waals surface area contributed by atoms with Crippen molar-refractivity contribution in [2.24, 2.45) is 0 Å². The molecule has 0 atom stereocenters. The van der Waals surface area contributed by atoms with Gasteiger partial charge in [0, 0.05) is 29.0 Å². The fourth-order valence-electron chi connectivity index (χ4n) is 0. The minimum absolute atomic E-state index is 0. The average Bonchev–Trinajstić information content (AvgIpc) is 0.918. The molecule has 1 nitrogen and oxygen atoms in total. The van der Waals surface area contributed by atoms with Gasteiger partial charge in [-0.1, -0.05) is 0 Å². The maximum Gasteiger partial charge on any atom is 1.00 e. The molecule has 0 aromatic carbocycles. The first kappa shape index (κ1) is 16.3. The Morgan fingerprint density at radius 3 is 1.80 bits per heavy atom. The number of rotatable bonds is 0. The Balaban J connectivity index is -0.00000000667. The summed E-state index contributed by atoms with van der Waals surface area (Å²) in [5.41, 5.74) is 0. The number of aliphatic hydroxyl groups excluding tert-OH is 1. The molecule has 0 aromatic heterocycles. The second-order valence-corrected chi connectivity index (χ2v) is 0.316. The van der Waals surface area contributed by atoms with E-state index in [0.717, 1.165) is 0 Å². The van der Waals surface area contributed by atoms with Gasteiger partial charge in [-0.25, -0.2) is 0 Å². The zero-order valence-electron chi connectivity index (χ0n) is 4.60. The third-order valence-electron chi connectivity index (χ3n) is 0. The summed E-state index contributed by atoms with van der Waals surface area (Å²) in [6.45, 7) is 1.93. The van der Waals surface area contributed by atoms with Crippen molar-refractivity contribution in [2.75, 3.05) is 6.61 Å². The Labute approximate surface area is 61.3 Å². The fraction of sp³-hybridized carbons (Fsp3) is 1.00. The molecule has 0 amide bonds. The molecule has 0 aromatic rings. The van der Waals surface area contributed by atoms with Gasteiger partial charge in [-0.2, -0.15) is 0 Å². The van der Waals surface area contributed by atoms with Crippen molar-refractivity contribution in [1.29, 1.82) is 0 Å². The van der Waals surface area contributed by atoms with E-state index in [9.17, 15) is 0 Å². The molecule has 0 unspecified atom stereocenters. The van der Waals surface area contributed by atoms with Gasteiger partial charge < -0.3 is 6.53 Å². The van der Waals surface area contributed by atoms with Crippen molar-refractivity contribution in [3.8, 4) is 0 Å². The van der Waals surface area contributed by atoms with Crippen LogP contribution in [-0.2, 0) is 22.4 Å². The molecule has 0 rings (SSSR count). The van der Waals surface area contributed by atoms with E-state index in [1.807, 2.05) is 0 Å². The van der Waals surface area contributed by atoms with Crippen molar-refractivity contribution in [1.82, 2.24) is 0 Å². The van der Waals surface area contributed by atoms with Crippen LogP contribution in [0, 0.1) is 0 Å². The average molecular weight is 147 g/mol. The third kappa shape index (κ3) is 34.2. The summed E-state index contributed by atoms with van der Waals surface area (Å²) in [7, 11) is 0. The zero-order chi connectivity index (χ0) is 2.71. The number of aliphatic hydroxyl groups is 1. The summed E-state index contributed by atoms with van der Waals surface area (Å²) in [5.74, 6) is 0. The number of hydrogen-bond acceptors (Lipinski definition) is 1. The van der Waals surface area contributed by atoms with Gasteiger partial charge in [-0.3, -0.25) is 0 Å². The Kier molecular flexibility index (Phi) is 60.2. The van der Waals surface area contributed by atoms with E-state index in [2.05, 4.69) is 0 Å². The van der Waals surface area contributed by atoms with E-state index in [0.29, 0.717) is 0 Å². The second kappa shape index (κ2) is 18.5. The molecular formula is C2H7LiNbO. The second-order valence-electron chi connectivity index (χ2n) is 0.316. The Morgan fingerprint density at radius 2 is 1.80 bits per heavy atom. The van der Waals surface area contributed by atoms with Gasteiger partial charge in [-0.15, -0.1) is 0 Å². The minimum atomic E-state index is 0. The smallest absolute Gasteiger partial charge is 1.00 e. The van der Waals surface area contributed by atoms with Gasteiger partial charge in [0.15, 0.2) is 0 Å². The van der Waals surface area contributed by atoms with Crippen molar-refractivity contribution in [3.63, 3.8) is 0 Å². The molecule has 0 heterocycles. The van der Waals surface area contributed by atoms with Crippen LogP contribution >= 0.6 is 0 Å². The standard InChI is InChI=1S/C2H6O.Li.Nb.H/c1-2-3;;;/h3H,2H2,1H3;;;/q;+1;;-1. The first-order valence-electron chi connectivity index (χ1n) is 1.02. The summed E-state index contributed by atoms with van der Waals surface area (Å²) >= 11 is 0. The van der Waals surface area contributed by atoms with E-state index in [-0.39, 0.29) is 49.3 Å². The van der Waals surface area contributed by atoms with E-state index >= 15 is 0 Å². The van der Waals surface area contributed by atoms with Crippen LogP contribution in [0.1, 0.15) is 8.35 Å². The summed E-state index contributed by atoms with van der Waals surface area (Å²) in [4.78, 5) is 0. The van der Waals surface area contributed by atoms with Crippen LogP contribution in [0.5, 0.6) is 0 Å². The van der Waals surface area contributed by atoms with E-state index in [1.54, 1.807) is 6.92 Å². The van der Waals surface area contributed by atoms with Crippen LogP contribution in [0.2, 0.25) is 0 Å². The minimum Gasteiger partial charge on any atom is -1.00 e. The maximum absolute atomic E-state index is 7.57. The molecule has 0 aliphatic carbocycles. The van der Waals surface area contributed by atoms with Crippen LogP contribution in [-0.4, -0.2) is 11.7 Å². The van der Waals surface area contributed by atoms with Crippen LogP contribution in [0.25, 0.3) is 0 Å². The van der Waals surface area contributed by atoms with Crippen LogP contribution in [0.4, 0.5) is 0 Å². The van der Waals surface area contributed by atoms with Gasteiger partial charge in [0.1, 0.15) is 0 Å². The molecule has 1 N–H and O–H groups in total. The van der Waals surface area contributed by atoms with Crippen LogP contribution in [0.3, 0.4) is 0 Å². The normalized spacial score (nSPS) is 3.60. The van der Waals surface area contributed by atoms with Crippen LogP contribution in [0.15, 0.2) is 0 Å². The topological polar surface area (TPSA) is 20.2 Å². The van der Waals surface area contributed by atoms with Crippen molar-refractivity contribution in [3.05, 3.63) is 0 Å². The molecule has 0 saturated heterocycles. The van der Waals surface area contributed by atoms with Gasteiger partial charge in [-0.05, 0) is 6.92 Å². The van der Waals surface area contributed by atoms with E-state index < -0.39 is 0 Å². The van der Waals surface area contributed by atoms with E-state index in [1.165, 1.54) is 0 Å². The third-order valence-corrected chi connectivity index (χ3v) is 0. The fourth-order valence-corrected chi connectivity index (χ4v) is 0. The quantitative estimate of drug-likeness (QED) is 0.364. The Hall–Kier alpha value is 1.30. The summed E-state index contributed by atoms with van der Waals surface area (Å²) in [6, 6.07) is 0. The molecule has 27 valence electrons. The van der Waals surface area contributed by atoms with Gasteiger partial charge in [0.25, 0.3) is 0 Å². The first-order chi connectivity index (χ1) is 1.41. The maximum atomic E-state index is 7.57. The van der Waals surface area contributed by atoms with E-state index in [4.69, 9.17) is 5.11 Å². The Morgan fingerprint density at radius 1 is 1.80 bits per heavy atom. The predicted molar refractivity (Wildman–Crippen MR) is 13.9 cm³/mol. The van der Waals surface area contributed by atoms with Crippen LogP contribution < -0.4 is 18.9 Å². The largest absolute Gasteiger partial charge is 1.00 e. The summed E-state index contributed by atoms with van der Waals surface area (Å²) < 4.78 is 0. The summed E-state index contributed by atoms with van der Waals surface area (Å²) in [5, 5.41) is 7.57. The van der Waals surface area contributed by atoms with Gasteiger partial charge >= 0.3 is 18.9 Å². The molecule has 3 heteroatoms. The molecule has 0 bridgehead atoms. The number of hydrogen-bond donors (Lipinski definition) is 1. The molecule has 1 radical (unpaired) electrons. The molecule has 0 fully saturated rings. The van der Waals surface area contributed by atoms with Crippen molar-refractivity contribution < 1.29 is 47.8 Å².